The van der Waals surface area contributed by atoms with Crippen molar-refractivity contribution in [2.75, 3.05) is 18.4 Å². The van der Waals surface area contributed by atoms with Crippen molar-refractivity contribution >= 4 is 17.3 Å². The van der Waals surface area contributed by atoms with Crippen LogP contribution in [0, 0.1) is 0 Å². The molecule has 0 spiro atoms. The highest BCUT2D eigenvalue weighted by Gasteiger charge is 2.30. The molecule has 0 saturated carbocycles. The zero-order valence-corrected chi connectivity index (χ0v) is 16.4. The van der Waals surface area contributed by atoms with Crippen LogP contribution in [0.1, 0.15) is 20.8 Å². The molecule has 0 aromatic heterocycles. The Morgan fingerprint density at radius 2 is 1.83 bits per heavy atom. The van der Waals surface area contributed by atoms with E-state index in [2.05, 4.69) is 25.9 Å². The maximum Gasteiger partial charge on any atom is 0.573 e. The number of ether oxygens (including phenoxy) is 1. The van der Waals surface area contributed by atoms with E-state index in [-0.39, 0.29) is 11.7 Å². The number of nitrogens with one attached hydrogen (secondary N) is 3. The van der Waals surface area contributed by atoms with Crippen LogP contribution in [0.3, 0.4) is 0 Å². The van der Waals surface area contributed by atoms with Gasteiger partial charge in [-0.25, -0.2) is 5.43 Å². The van der Waals surface area contributed by atoms with Crippen LogP contribution < -0.4 is 20.9 Å². The minimum absolute atomic E-state index is 0.267. The first-order valence-electron chi connectivity index (χ1n) is 9.05. The molecule has 1 aromatic rings. The molecule has 6 nitrogen and oxygen atoms in total. The van der Waals surface area contributed by atoms with Crippen LogP contribution in [0.25, 0.3) is 0 Å². The Hall–Kier alpha value is -3.07. The third-order valence-corrected chi connectivity index (χ3v) is 3.79. The second-order valence-corrected chi connectivity index (χ2v) is 6.01. The Labute approximate surface area is 167 Å². The highest BCUT2D eigenvalue weighted by molar-refractivity contribution is 6.17. The molecule has 0 unspecified atom stereocenters. The van der Waals surface area contributed by atoms with Crippen LogP contribution >= 0.6 is 0 Å². The molecule has 0 atom stereocenters. The van der Waals surface area contributed by atoms with Crippen molar-refractivity contribution in [2.45, 2.75) is 27.1 Å². The fourth-order valence-corrected chi connectivity index (χ4v) is 2.56. The zero-order valence-electron chi connectivity index (χ0n) is 16.4. The summed E-state index contributed by atoms with van der Waals surface area (Å²) in [6.45, 7) is 6.70. The minimum Gasteiger partial charge on any atom is -0.406 e. The largest absolute Gasteiger partial charge is 0.573 e. The fraction of sp³-hybridized carbons (Fsp3) is 0.300. The molecular weight excluding hydrogens is 385 g/mol. The lowest BCUT2D eigenvalue weighted by Gasteiger charge is -2.17. The van der Waals surface area contributed by atoms with Gasteiger partial charge in [-0.15, -0.1) is 13.2 Å². The summed E-state index contributed by atoms with van der Waals surface area (Å²) in [5, 5.41) is 3.14. The Morgan fingerprint density at radius 3 is 2.41 bits per heavy atom. The van der Waals surface area contributed by atoms with Crippen molar-refractivity contribution in [3.05, 3.63) is 59.3 Å². The topological polar surface area (TPSA) is 74.8 Å². The molecule has 0 radical (unpaired) electrons. The van der Waals surface area contributed by atoms with Gasteiger partial charge < -0.3 is 10.1 Å². The molecule has 29 heavy (non-hydrogen) atoms. The molecule has 0 fully saturated rings. The summed E-state index contributed by atoms with van der Waals surface area (Å²) < 4.78 is 40.7. The van der Waals surface area contributed by atoms with E-state index in [1.54, 1.807) is 18.2 Å². The number of rotatable bonds is 7. The Morgan fingerprint density at radius 1 is 1.14 bits per heavy atom. The van der Waals surface area contributed by atoms with Crippen LogP contribution in [0.5, 0.6) is 5.75 Å². The van der Waals surface area contributed by atoms with E-state index < -0.39 is 6.36 Å². The van der Waals surface area contributed by atoms with E-state index in [1.165, 1.54) is 24.3 Å². The van der Waals surface area contributed by atoms with Gasteiger partial charge in [-0.05, 0) is 50.3 Å². The number of carbonyl (C=O) groups is 1. The molecule has 0 heterocycles. The highest BCUT2D eigenvalue weighted by Crippen LogP contribution is 2.25. The zero-order chi connectivity index (χ0) is 21.4. The summed E-state index contributed by atoms with van der Waals surface area (Å²) in [4.78, 5) is 16.6. The number of hydrogen-bond acceptors (Lipinski definition) is 5. The van der Waals surface area contributed by atoms with E-state index in [0.29, 0.717) is 30.1 Å². The Kier molecular flexibility index (Phi) is 7.60. The molecular formula is C20H23F3N4O2. The number of nitrogens with zero attached hydrogens (tertiary/aromatic N) is 1. The summed E-state index contributed by atoms with van der Waals surface area (Å²) in [6.07, 6.45) is 0.423. The number of aliphatic imine (C=N–C) groups is 1. The highest BCUT2D eigenvalue weighted by atomic mass is 19.4. The molecule has 9 heteroatoms. The Bertz CT molecular complexity index is 853. The number of benzene rings is 1. The standard InChI is InChI=1S/C20H23F3N4O2/c1-4-24-18-12-14(19(28)27-25-5-2)6-11-17(18)13(3)26-15-7-9-16(10-8-15)29-20(21,22)23/h6-12,25-26H,4-5H2,1-3H3,(H,27,28)/b17-13+,24-18-. The van der Waals surface area contributed by atoms with Gasteiger partial charge in [-0.1, -0.05) is 13.0 Å². The smallest absolute Gasteiger partial charge is 0.406 e. The number of hydrogen-bond donors (Lipinski definition) is 3. The molecule has 0 aliphatic heterocycles. The van der Waals surface area contributed by atoms with Gasteiger partial charge in [-0.2, -0.15) is 0 Å². The monoisotopic (exact) mass is 408 g/mol. The third kappa shape index (κ3) is 6.79. The van der Waals surface area contributed by atoms with Crippen LogP contribution in [-0.2, 0) is 4.79 Å². The molecule has 1 amide bonds. The van der Waals surface area contributed by atoms with Crippen molar-refractivity contribution in [3.63, 3.8) is 0 Å². The van der Waals surface area contributed by atoms with E-state index in [1.807, 2.05) is 20.8 Å². The van der Waals surface area contributed by atoms with Crippen LogP contribution in [0.15, 0.2) is 64.3 Å². The number of allylic oxidation sites excluding steroid dienone is 4. The third-order valence-electron chi connectivity index (χ3n) is 3.79. The van der Waals surface area contributed by atoms with Crippen molar-refractivity contribution in [2.24, 2.45) is 4.99 Å². The Balaban J connectivity index is 2.18. The lowest BCUT2D eigenvalue weighted by Crippen LogP contribution is -2.38. The second-order valence-electron chi connectivity index (χ2n) is 6.01. The summed E-state index contributed by atoms with van der Waals surface area (Å²) in [6, 6.07) is 5.43. The maximum absolute atomic E-state index is 12.3. The molecule has 0 bridgehead atoms. The number of halogens is 3. The first kappa shape index (κ1) is 22.2. The van der Waals surface area contributed by atoms with Crippen LogP contribution in [-0.4, -0.2) is 31.1 Å². The molecule has 2 rings (SSSR count). The number of anilines is 1. The second kappa shape index (κ2) is 9.92. The van der Waals surface area contributed by atoms with E-state index in [0.717, 1.165) is 11.3 Å². The maximum atomic E-state index is 12.3. The van der Waals surface area contributed by atoms with Gasteiger partial charge in [0.25, 0.3) is 5.91 Å². The average Bonchev–Trinajstić information content (AvgIpc) is 2.66. The first-order chi connectivity index (χ1) is 13.7. The van der Waals surface area contributed by atoms with Crippen molar-refractivity contribution in [3.8, 4) is 5.75 Å². The van der Waals surface area contributed by atoms with Crippen LogP contribution in [0.2, 0.25) is 0 Å². The average molecular weight is 408 g/mol. The number of hydrazine groups is 1. The predicted molar refractivity (Wildman–Crippen MR) is 106 cm³/mol. The van der Waals surface area contributed by atoms with Gasteiger partial charge in [0.15, 0.2) is 0 Å². The number of amides is 1. The normalized spacial score (nSPS) is 17.0. The van der Waals surface area contributed by atoms with Gasteiger partial charge in [0.2, 0.25) is 0 Å². The summed E-state index contributed by atoms with van der Waals surface area (Å²) in [5.41, 5.74) is 8.55. The fourth-order valence-electron chi connectivity index (χ4n) is 2.56. The minimum atomic E-state index is -4.73. The predicted octanol–water partition coefficient (Wildman–Crippen LogP) is 3.87. The van der Waals surface area contributed by atoms with Crippen molar-refractivity contribution in [1.29, 1.82) is 0 Å². The van der Waals surface area contributed by atoms with Crippen molar-refractivity contribution < 1.29 is 22.7 Å². The van der Waals surface area contributed by atoms with E-state index in [9.17, 15) is 18.0 Å². The molecule has 156 valence electrons. The first-order valence-corrected chi connectivity index (χ1v) is 9.05. The van der Waals surface area contributed by atoms with Gasteiger partial charge in [0.1, 0.15) is 5.75 Å². The van der Waals surface area contributed by atoms with Gasteiger partial charge in [-0.3, -0.25) is 15.2 Å². The summed E-state index contributed by atoms with van der Waals surface area (Å²) >= 11 is 0. The molecule has 1 aliphatic carbocycles. The lowest BCUT2D eigenvalue weighted by atomic mass is 9.98. The molecule has 1 aromatic carbocycles. The van der Waals surface area contributed by atoms with Gasteiger partial charge in [0, 0.05) is 35.6 Å². The summed E-state index contributed by atoms with van der Waals surface area (Å²) in [5.74, 6) is -0.560. The van der Waals surface area contributed by atoms with Crippen LogP contribution in [0.4, 0.5) is 18.9 Å². The molecule has 0 saturated heterocycles. The van der Waals surface area contributed by atoms with Gasteiger partial charge in [0.05, 0.1) is 5.71 Å². The lowest BCUT2D eigenvalue weighted by molar-refractivity contribution is -0.274. The van der Waals surface area contributed by atoms with E-state index in [4.69, 9.17) is 0 Å². The van der Waals surface area contributed by atoms with E-state index >= 15 is 0 Å². The molecule has 1 aliphatic rings. The summed E-state index contributed by atoms with van der Waals surface area (Å²) in [7, 11) is 0. The molecule has 3 N–H and O–H groups in total. The van der Waals surface area contributed by atoms with Gasteiger partial charge >= 0.3 is 6.36 Å². The number of carbonyl (C=O) groups excluding carboxylic acids is 1. The van der Waals surface area contributed by atoms with Crippen molar-refractivity contribution in [1.82, 2.24) is 10.9 Å². The number of alkyl halides is 3. The SMILES string of the molecule is CC/N=C1/C=C(C(=O)NNCC)C=C/C1=C(/C)Nc1ccc(OC(F)(F)F)cc1. The quantitative estimate of drug-likeness (QED) is 0.599.